The van der Waals surface area contributed by atoms with Crippen LogP contribution in [-0.2, 0) is 0 Å². The highest BCUT2D eigenvalue weighted by atomic mass is 79.9. The van der Waals surface area contributed by atoms with E-state index in [0.717, 1.165) is 27.7 Å². The molecule has 3 unspecified atom stereocenters. The lowest BCUT2D eigenvalue weighted by molar-refractivity contribution is 0.261. The van der Waals surface area contributed by atoms with Gasteiger partial charge in [0.15, 0.2) is 0 Å². The molecule has 0 spiro atoms. The third kappa shape index (κ3) is 3.19. The molecule has 1 fully saturated rings. The first-order chi connectivity index (χ1) is 8.60. The summed E-state index contributed by atoms with van der Waals surface area (Å²) in [6.07, 6.45) is 3.86. The normalized spacial score (nSPS) is 27.9. The number of methoxy groups -OCH3 is 1. The molecule has 0 heterocycles. The number of nitrogens with one attached hydrogen (secondary N) is 1. The van der Waals surface area contributed by atoms with Gasteiger partial charge in [0.05, 0.1) is 11.6 Å². The molecule has 0 radical (unpaired) electrons. The van der Waals surface area contributed by atoms with Gasteiger partial charge in [-0.05, 0) is 59.2 Å². The number of hydrogen-bond acceptors (Lipinski definition) is 2. The molecule has 0 bridgehead atoms. The van der Waals surface area contributed by atoms with Gasteiger partial charge in [-0.3, -0.25) is 0 Å². The van der Waals surface area contributed by atoms with Gasteiger partial charge in [-0.15, -0.1) is 0 Å². The maximum Gasteiger partial charge on any atom is 0.135 e. The van der Waals surface area contributed by atoms with Crippen LogP contribution in [0, 0.1) is 11.8 Å². The van der Waals surface area contributed by atoms with Crippen molar-refractivity contribution in [3.63, 3.8) is 0 Å². The first-order valence-corrected chi connectivity index (χ1v) is 7.49. The summed E-state index contributed by atoms with van der Waals surface area (Å²) >= 11 is 3.48. The lowest BCUT2D eigenvalue weighted by Crippen LogP contribution is -2.30. The Bertz CT molecular complexity index is 407. The summed E-state index contributed by atoms with van der Waals surface area (Å²) in [5.41, 5.74) is 1.15. The van der Waals surface area contributed by atoms with Gasteiger partial charge in [-0.25, -0.2) is 0 Å². The van der Waals surface area contributed by atoms with Gasteiger partial charge in [0, 0.05) is 17.8 Å². The van der Waals surface area contributed by atoms with Crippen molar-refractivity contribution in [3.8, 4) is 5.75 Å². The van der Waals surface area contributed by atoms with Gasteiger partial charge in [-0.1, -0.05) is 13.8 Å². The van der Waals surface area contributed by atoms with Crippen LogP contribution in [0.5, 0.6) is 5.75 Å². The number of ether oxygens (including phenoxy) is 1. The Hall–Kier alpha value is -0.700. The van der Waals surface area contributed by atoms with Crippen molar-refractivity contribution in [3.05, 3.63) is 22.7 Å². The highest BCUT2D eigenvalue weighted by molar-refractivity contribution is 9.10. The highest BCUT2D eigenvalue weighted by Gasteiger charge is 2.24. The molecule has 1 aromatic carbocycles. The summed E-state index contributed by atoms with van der Waals surface area (Å²) < 4.78 is 6.33. The molecule has 3 atom stereocenters. The summed E-state index contributed by atoms with van der Waals surface area (Å²) in [4.78, 5) is 0. The van der Waals surface area contributed by atoms with Crippen LogP contribution in [0.4, 0.5) is 5.69 Å². The van der Waals surface area contributed by atoms with E-state index in [-0.39, 0.29) is 0 Å². The molecule has 2 nitrogen and oxygen atoms in total. The maximum absolute atomic E-state index is 5.33. The van der Waals surface area contributed by atoms with E-state index < -0.39 is 0 Å². The molecule has 1 N–H and O–H groups in total. The molecule has 0 amide bonds. The average Bonchev–Trinajstić information content (AvgIpc) is 2.36. The van der Waals surface area contributed by atoms with Gasteiger partial charge < -0.3 is 10.1 Å². The van der Waals surface area contributed by atoms with Gasteiger partial charge in [0.2, 0.25) is 0 Å². The second kappa shape index (κ2) is 5.96. The van der Waals surface area contributed by atoms with E-state index in [0.29, 0.717) is 6.04 Å². The molecule has 1 aliphatic carbocycles. The number of benzene rings is 1. The van der Waals surface area contributed by atoms with E-state index in [1.807, 2.05) is 6.07 Å². The Kier molecular flexibility index (Phi) is 4.55. The minimum atomic E-state index is 0.599. The Morgan fingerprint density at radius 1 is 1.22 bits per heavy atom. The van der Waals surface area contributed by atoms with Crippen molar-refractivity contribution in [2.75, 3.05) is 12.4 Å². The van der Waals surface area contributed by atoms with Crippen molar-refractivity contribution in [1.29, 1.82) is 0 Å². The van der Waals surface area contributed by atoms with Crippen LogP contribution in [0.15, 0.2) is 22.7 Å². The summed E-state index contributed by atoms with van der Waals surface area (Å²) in [6.45, 7) is 4.73. The van der Waals surface area contributed by atoms with E-state index >= 15 is 0 Å². The molecule has 0 saturated heterocycles. The van der Waals surface area contributed by atoms with Crippen molar-refractivity contribution in [1.82, 2.24) is 0 Å². The van der Waals surface area contributed by atoms with Gasteiger partial charge in [-0.2, -0.15) is 0 Å². The molecular weight excluding hydrogens is 290 g/mol. The number of halogens is 1. The van der Waals surface area contributed by atoms with Crippen LogP contribution in [0.25, 0.3) is 0 Å². The van der Waals surface area contributed by atoms with Crippen LogP contribution in [-0.4, -0.2) is 13.2 Å². The molecule has 1 aromatic rings. The van der Waals surface area contributed by atoms with E-state index in [1.54, 1.807) is 7.11 Å². The van der Waals surface area contributed by atoms with Crippen LogP contribution >= 0.6 is 15.9 Å². The Morgan fingerprint density at radius 2 is 2.00 bits per heavy atom. The third-order valence-electron chi connectivity index (χ3n) is 4.12. The fraction of sp³-hybridized carbons (Fsp3) is 0.600. The SMILES string of the molecule is COc1cc(NC2CCC(C)C(C)C2)ccc1Br. The molecule has 18 heavy (non-hydrogen) atoms. The minimum Gasteiger partial charge on any atom is -0.495 e. The minimum absolute atomic E-state index is 0.599. The smallest absolute Gasteiger partial charge is 0.135 e. The van der Waals surface area contributed by atoms with E-state index in [2.05, 4.69) is 47.2 Å². The number of hydrogen-bond donors (Lipinski definition) is 1. The fourth-order valence-corrected chi connectivity index (χ4v) is 3.07. The topological polar surface area (TPSA) is 21.3 Å². The van der Waals surface area contributed by atoms with Crippen molar-refractivity contribution in [2.24, 2.45) is 11.8 Å². The zero-order valence-electron chi connectivity index (χ0n) is 11.4. The molecule has 1 saturated carbocycles. The molecule has 1 aliphatic rings. The zero-order chi connectivity index (χ0) is 13.1. The molecule has 3 heteroatoms. The highest BCUT2D eigenvalue weighted by Crippen LogP contribution is 2.33. The van der Waals surface area contributed by atoms with Crippen molar-refractivity contribution < 1.29 is 4.74 Å². The molecule has 100 valence electrons. The van der Waals surface area contributed by atoms with Gasteiger partial charge in [0.1, 0.15) is 5.75 Å². The van der Waals surface area contributed by atoms with Gasteiger partial charge >= 0.3 is 0 Å². The summed E-state index contributed by atoms with van der Waals surface area (Å²) in [5, 5.41) is 3.63. The Balaban J connectivity index is 2.01. The first kappa shape index (κ1) is 13.7. The fourth-order valence-electron chi connectivity index (χ4n) is 2.66. The van der Waals surface area contributed by atoms with Crippen LogP contribution in [0.2, 0.25) is 0 Å². The van der Waals surface area contributed by atoms with Crippen LogP contribution < -0.4 is 10.1 Å². The lowest BCUT2D eigenvalue weighted by atomic mass is 9.79. The average molecular weight is 312 g/mol. The summed E-state index contributed by atoms with van der Waals surface area (Å²) in [5.74, 6) is 2.56. The summed E-state index contributed by atoms with van der Waals surface area (Å²) in [6, 6.07) is 6.81. The second-order valence-electron chi connectivity index (χ2n) is 5.46. The Morgan fingerprint density at radius 3 is 2.67 bits per heavy atom. The lowest BCUT2D eigenvalue weighted by Gasteiger charge is -2.33. The zero-order valence-corrected chi connectivity index (χ0v) is 13.0. The molecule has 2 rings (SSSR count). The monoisotopic (exact) mass is 311 g/mol. The Labute approximate surface area is 118 Å². The molecular formula is C15H22BrNO. The number of rotatable bonds is 3. The first-order valence-electron chi connectivity index (χ1n) is 6.70. The predicted octanol–water partition coefficient (Wildman–Crippen LogP) is 4.69. The van der Waals surface area contributed by atoms with E-state index in [1.165, 1.54) is 19.3 Å². The molecule has 0 aliphatic heterocycles. The third-order valence-corrected chi connectivity index (χ3v) is 4.78. The maximum atomic E-state index is 5.33. The van der Waals surface area contributed by atoms with E-state index in [9.17, 15) is 0 Å². The quantitative estimate of drug-likeness (QED) is 0.874. The van der Waals surface area contributed by atoms with Crippen LogP contribution in [0.1, 0.15) is 33.1 Å². The second-order valence-corrected chi connectivity index (χ2v) is 6.31. The van der Waals surface area contributed by atoms with Crippen LogP contribution in [0.3, 0.4) is 0 Å². The largest absolute Gasteiger partial charge is 0.495 e. The van der Waals surface area contributed by atoms with Crippen molar-refractivity contribution in [2.45, 2.75) is 39.2 Å². The van der Waals surface area contributed by atoms with Gasteiger partial charge in [0.25, 0.3) is 0 Å². The summed E-state index contributed by atoms with van der Waals surface area (Å²) in [7, 11) is 1.70. The molecule has 0 aromatic heterocycles. The van der Waals surface area contributed by atoms with Crippen molar-refractivity contribution >= 4 is 21.6 Å². The number of anilines is 1. The predicted molar refractivity (Wildman–Crippen MR) is 80.3 cm³/mol. The standard InChI is InChI=1S/C15H22BrNO/c1-10-4-5-12(8-11(10)2)17-13-6-7-14(16)15(9-13)18-3/h6-7,9-12,17H,4-5,8H2,1-3H3. The van der Waals surface area contributed by atoms with E-state index in [4.69, 9.17) is 4.74 Å².